The Morgan fingerprint density at radius 3 is 2.35 bits per heavy atom. The van der Waals surface area contributed by atoms with Gasteiger partial charge in [-0.05, 0) is 68.1 Å². The minimum Gasteiger partial charge on any atom is -0.390 e. The van der Waals surface area contributed by atoms with Crippen molar-refractivity contribution in [2.24, 2.45) is 11.8 Å². The molecule has 5 rings (SSSR count). The molecule has 1 aromatic carbocycles. The fraction of sp³-hybridized carbons (Fsp3) is 0.647. The van der Waals surface area contributed by atoms with Gasteiger partial charge in [-0.3, -0.25) is 0 Å². The van der Waals surface area contributed by atoms with E-state index in [4.69, 9.17) is 0 Å². The zero-order valence-corrected chi connectivity index (χ0v) is 13.3. The molecule has 0 aliphatic heterocycles. The lowest BCUT2D eigenvalue weighted by Crippen LogP contribution is -2.64. The lowest BCUT2D eigenvalue weighted by atomic mass is 9.51. The predicted octanol–water partition coefficient (Wildman–Crippen LogP) is 3.62. The molecule has 2 N–H and O–H groups in total. The standard InChI is InChI=1S/C17H22BrNO/c18-15-3-1-12(2-4-15)10-19-16-6-13-5-14(7-16)9-17(20,8-13)11-16/h1-4,13-14,19-20H,5-11H2/t13-,14-,16?,17?/m1/s1. The monoisotopic (exact) mass is 335 g/mol. The fourth-order valence-electron chi connectivity index (χ4n) is 5.31. The zero-order chi connectivity index (χ0) is 13.8. The molecular weight excluding hydrogens is 314 g/mol. The maximum atomic E-state index is 10.8. The van der Waals surface area contributed by atoms with Crippen LogP contribution in [-0.2, 0) is 6.54 Å². The van der Waals surface area contributed by atoms with Gasteiger partial charge in [0.15, 0.2) is 0 Å². The van der Waals surface area contributed by atoms with Crippen molar-refractivity contribution in [1.82, 2.24) is 5.32 Å². The van der Waals surface area contributed by atoms with Crippen LogP contribution in [0.5, 0.6) is 0 Å². The van der Waals surface area contributed by atoms with Gasteiger partial charge in [-0.2, -0.15) is 0 Å². The van der Waals surface area contributed by atoms with Crippen molar-refractivity contribution >= 4 is 15.9 Å². The molecule has 4 aliphatic rings. The molecule has 1 aromatic rings. The Hall–Kier alpha value is -0.380. The van der Waals surface area contributed by atoms with Crippen molar-refractivity contribution in [2.75, 3.05) is 0 Å². The second kappa shape index (κ2) is 4.56. The largest absolute Gasteiger partial charge is 0.390 e. The summed E-state index contributed by atoms with van der Waals surface area (Å²) in [6.07, 6.45) is 6.94. The second-order valence-electron chi connectivity index (χ2n) is 7.45. The van der Waals surface area contributed by atoms with Crippen LogP contribution >= 0.6 is 15.9 Å². The number of nitrogens with one attached hydrogen (secondary N) is 1. The topological polar surface area (TPSA) is 32.3 Å². The van der Waals surface area contributed by atoms with Crippen LogP contribution in [0.25, 0.3) is 0 Å². The first kappa shape index (κ1) is 13.3. The van der Waals surface area contributed by atoms with Crippen LogP contribution in [0.4, 0.5) is 0 Å². The number of hydrogen-bond acceptors (Lipinski definition) is 2. The molecule has 4 fully saturated rings. The molecule has 2 nitrogen and oxygen atoms in total. The van der Waals surface area contributed by atoms with Gasteiger partial charge in [0.2, 0.25) is 0 Å². The van der Waals surface area contributed by atoms with Crippen molar-refractivity contribution < 1.29 is 5.11 Å². The van der Waals surface area contributed by atoms with Gasteiger partial charge >= 0.3 is 0 Å². The lowest BCUT2D eigenvalue weighted by molar-refractivity contribution is -0.142. The highest BCUT2D eigenvalue weighted by Gasteiger charge is 2.56. The maximum Gasteiger partial charge on any atom is 0.0670 e. The van der Waals surface area contributed by atoms with E-state index in [0.29, 0.717) is 0 Å². The summed E-state index contributed by atoms with van der Waals surface area (Å²) in [5.74, 6) is 1.50. The Kier molecular flexibility index (Phi) is 3.03. The SMILES string of the molecule is OC12C[C@@H]3C[C@@H](C1)CC(NCc1ccc(Br)cc1)(C3)C2. The number of hydrogen-bond donors (Lipinski definition) is 2. The van der Waals surface area contributed by atoms with Gasteiger partial charge in [-0.25, -0.2) is 0 Å². The van der Waals surface area contributed by atoms with E-state index in [9.17, 15) is 5.11 Å². The summed E-state index contributed by atoms with van der Waals surface area (Å²) in [7, 11) is 0. The van der Waals surface area contributed by atoms with E-state index in [1.807, 2.05) is 0 Å². The van der Waals surface area contributed by atoms with Gasteiger partial charge < -0.3 is 10.4 Å². The molecular formula is C17H22BrNO. The lowest BCUT2D eigenvalue weighted by Gasteiger charge is -2.60. The molecule has 0 unspecified atom stereocenters. The third kappa shape index (κ3) is 2.34. The molecule has 4 bridgehead atoms. The van der Waals surface area contributed by atoms with Gasteiger partial charge in [0.1, 0.15) is 0 Å². The normalized spacial score (nSPS) is 42.1. The molecule has 108 valence electrons. The zero-order valence-electron chi connectivity index (χ0n) is 11.7. The van der Waals surface area contributed by atoms with Crippen LogP contribution in [0.3, 0.4) is 0 Å². The number of benzene rings is 1. The van der Waals surface area contributed by atoms with E-state index in [-0.39, 0.29) is 11.1 Å². The molecule has 3 heteroatoms. The van der Waals surface area contributed by atoms with Crippen LogP contribution in [0.1, 0.15) is 44.1 Å². The Balaban J connectivity index is 1.49. The van der Waals surface area contributed by atoms with Crippen molar-refractivity contribution in [2.45, 2.75) is 56.2 Å². The Morgan fingerprint density at radius 1 is 1.10 bits per heavy atom. The summed E-state index contributed by atoms with van der Waals surface area (Å²) < 4.78 is 1.13. The molecule has 0 spiro atoms. The molecule has 0 saturated heterocycles. The van der Waals surface area contributed by atoms with E-state index >= 15 is 0 Å². The summed E-state index contributed by atoms with van der Waals surface area (Å²) in [5.41, 5.74) is 1.17. The fourth-order valence-corrected chi connectivity index (χ4v) is 5.58. The first-order chi connectivity index (χ1) is 9.54. The van der Waals surface area contributed by atoms with Crippen LogP contribution < -0.4 is 5.32 Å². The Bertz CT molecular complexity index is 498. The predicted molar refractivity (Wildman–Crippen MR) is 83.3 cm³/mol. The first-order valence-electron chi connectivity index (χ1n) is 7.76. The molecule has 0 aromatic heterocycles. The molecule has 4 saturated carbocycles. The minimum atomic E-state index is -0.364. The van der Waals surface area contributed by atoms with Gasteiger partial charge in [-0.1, -0.05) is 28.1 Å². The smallest absolute Gasteiger partial charge is 0.0670 e. The van der Waals surface area contributed by atoms with Crippen LogP contribution in [0.2, 0.25) is 0 Å². The third-order valence-corrected chi connectivity index (χ3v) is 6.14. The van der Waals surface area contributed by atoms with Gasteiger partial charge in [0.05, 0.1) is 5.60 Å². The van der Waals surface area contributed by atoms with Crippen molar-refractivity contribution in [3.8, 4) is 0 Å². The molecule has 0 radical (unpaired) electrons. The summed E-state index contributed by atoms with van der Waals surface area (Å²) in [4.78, 5) is 0. The van der Waals surface area contributed by atoms with Crippen molar-refractivity contribution in [3.63, 3.8) is 0 Å². The molecule has 20 heavy (non-hydrogen) atoms. The van der Waals surface area contributed by atoms with Gasteiger partial charge in [0, 0.05) is 16.6 Å². The van der Waals surface area contributed by atoms with Crippen molar-refractivity contribution in [1.29, 1.82) is 0 Å². The highest BCUT2D eigenvalue weighted by Crippen LogP contribution is 2.57. The molecule has 0 heterocycles. The van der Waals surface area contributed by atoms with E-state index in [1.165, 1.54) is 24.8 Å². The van der Waals surface area contributed by atoms with Crippen LogP contribution in [0, 0.1) is 11.8 Å². The summed E-state index contributed by atoms with van der Waals surface area (Å²) in [5, 5.41) is 14.6. The summed E-state index contributed by atoms with van der Waals surface area (Å²) >= 11 is 3.48. The molecule has 0 amide bonds. The Labute approximate surface area is 129 Å². The average Bonchev–Trinajstić information content (AvgIpc) is 2.35. The van der Waals surface area contributed by atoms with E-state index < -0.39 is 0 Å². The van der Waals surface area contributed by atoms with Crippen LogP contribution in [0.15, 0.2) is 28.7 Å². The highest BCUT2D eigenvalue weighted by atomic mass is 79.9. The van der Waals surface area contributed by atoms with Gasteiger partial charge in [0.25, 0.3) is 0 Å². The minimum absolute atomic E-state index is 0.200. The quantitative estimate of drug-likeness (QED) is 0.884. The highest BCUT2D eigenvalue weighted by molar-refractivity contribution is 9.10. The third-order valence-electron chi connectivity index (χ3n) is 5.61. The maximum absolute atomic E-state index is 10.8. The molecule has 2 atom stereocenters. The van der Waals surface area contributed by atoms with E-state index in [0.717, 1.165) is 42.1 Å². The van der Waals surface area contributed by atoms with E-state index in [2.05, 4.69) is 45.5 Å². The average molecular weight is 336 g/mol. The van der Waals surface area contributed by atoms with Crippen molar-refractivity contribution in [3.05, 3.63) is 34.3 Å². The molecule has 4 aliphatic carbocycles. The second-order valence-corrected chi connectivity index (χ2v) is 8.36. The summed E-state index contributed by atoms with van der Waals surface area (Å²) in [6, 6.07) is 8.55. The van der Waals surface area contributed by atoms with E-state index in [1.54, 1.807) is 0 Å². The first-order valence-corrected chi connectivity index (χ1v) is 8.55. The number of rotatable bonds is 3. The Morgan fingerprint density at radius 2 is 1.75 bits per heavy atom. The van der Waals surface area contributed by atoms with Crippen LogP contribution in [-0.4, -0.2) is 16.2 Å². The number of halogens is 1. The van der Waals surface area contributed by atoms with Gasteiger partial charge in [-0.15, -0.1) is 0 Å². The summed E-state index contributed by atoms with van der Waals surface area (Å²) in [6.45, 7) is 0.919. The number of aliphatic hydroxyl groups is 1.